The SMILES string of the molecule is [2H]C([2H])([2H])n1c2c(c3cccc(O)c31)C(=O)N(Cc1nc[nH]c1C)CC2. The van der Waals surface area contributed by atoms with Gasteiger partial charge in [-0.05, 0) is 13.0 Å². The molecule has 0 atom stereocenters. The second-order valence-corrected chi connectivity index (χ2v) is 5.78. The number of aromatic amines is 1. The van der Waals surface area contributed by atoms with E-state index in [0.29, 0.717) is 36.2 Å². The summed E-state index contributed by atoms with van der Waals surface area (Å²) in [5.41, 5.74) is 2.66. The lowest BCUT2D eigenvalue weighted by molar-refractivity contribution is 0.0725. The number of hydrogen-bond donors (Lipinski definition) is 2. The van der Waals surface area contributed by atoms with Crippen molar-refractivity contribution in [3.63, 3.8) is 0 Å². The zero-order valence-electron chi connectivity index (χ0n) is 15.6. The number of aromatic hydroxyl groups is 1. The minimum atomic E-state index is -2.48. The summed E-state index contributed by atoms with van der Waals surface area (Å²) in [4.78, 5) is 22.0. The topological polar surface area (TPSA) is 74.2 Å². The lowest BCUT2D eigenvalue weighted by Gasteiger charge is -2.27. The van der Waals surface area contributed by atoms with Crippen LogP contribution in [0.25, 0.3) is 10.9 Å². The summed E-state index contributed by atoms with van der Waals surface area (Å²) in [6.45, 7) is 0.158. The van der Waals surface area contributed by atoms with Crippen LogP contribution in [0, 0.1) is 6.92 Å². The number of carbonyl (C=O) groups excluding carboxylic acids is 1. The number of para-hydroxylation sites is 1. The predicted octanol–water partition coefficient (Wildman–Crippen LogP) is 2.11. The van der Waals surface area contributed by atoms with Crippen LogP contribution in [0.2, 0.25) is 0 Å². The number of amides is 1. The number of nitrogens with one attached hydrogen (secondary N) is 1. The number of nitrogens with zero attached hydrogens (tertiary/aromatic N) is 3. The van der Waals surface area contributed by atoms with Gasteiger partial charge in [0, 0.05) is 40.8 Å². The van der Waals surface area contributed by atoms with Gasteiger partial charge in [-0.1, -0.05) is 12.1 Å². The molecule has 0 radical (unpaired) electrons. The highest BCUT2D eigenvalue weighted by Crippen LogP contribution is 2.34. The fourth-order valence-corrected chi connectivity index (χ4v) is 3.22. The van der Waals surface area contributed by atoms with Gasteiger partial charge in [-0.3, -0.25) is 4.79 Å². The van der Waals surface area contributed by atoms with Gasteiger partial charge in [0.05, 0.1) is 29.6 Å². The Labute approximate surface area is 137 Å². The van der Waals surface area contributed by atoms with Gasteiger partial charge in [0.1, 0.15) is 5.75 Å². The molecule has 23 heavy (non-hydrogen) atoms. The molecule has 1 aliphatic heterocycles. The third-order valence-corrected chi connectivity index (χ3v) is 4.46. The zero-order valence-corrected chi connectivity index (χ0v) is 12.6. The van der Waals surface area contributed by atoms with Crippen LogP contribution in [0.15, 0.2) is 24.5 Å². The molecule has 6 heteroatoms. The van der Waals surface area contributed by atoms with Crippen LogP contribution in [0.5, 0.6) is 5.75 Å². The van der Waals surface area contributed by atoms with E-state index in [9.17, 15) is 9.90 Å². The van der Waals surface area contributed by atoms with Crippen LogP contribution < -0.4 is 0 Å². The van der Waals surface area contributed by atoms with Crippen molar-refractivity contribution in [2.24, 2.45) is 6.98 Å². The molecule has 118 valence electrons. The molecule has 1 aromatic carbocycles. The Morgan fingerprint density at radius 2 is 2.35 bits per heavy atom. The van der Waals surface area contributed by atoms with Crippen molar-refractivity contribution in [1.82, 2.24) is 19.4 Å². The van der Waals surface area contributed by atoms with Crippen LogP contribution in [-0.2, 0) is 19.9 Å². The number of phenolic OH excluding ortho intramolecular Hbond substituents is 1. The fraction of sp³-hybridized carbons (Fsp3) is 0.294. The zero-order chi connectivity index (χ0) is 18.6. The molecule has 0 spiro atoms. The largest absolute Gasteiger partial charge is 0.506 e. The molecule has 0 unspecified atom stereocenters. The Bertz CT molecular complexity index is 1020. The monoisotopic (exact) mass is 313 g/mol. The minimum Gasteiger partial charge on any atom is -0.506 e. The molecule has 0 aliphatic carbocycles. The summed E-state index contributed by atoms with van der Waals surface area (Å²) in [5, 5.41) is 10.7. The minimum absolute atomic E-state index is 0.143. The molecule has 2 aromatic heterocycles. The number of hydrogen-bond acceptors (Lipinski definition) is 3. The molecule has 3 aromatic rings. The van der Waals surface area contributed by atoms with E-state index in [1.54, 1.807) is 23.4 Å². The number of aryl methyl sites for hydroxylation is 2. The number of phenols is 1. The van der Waals surface area contributed by atoms with Crippen molar-refractivity contribution in [3.8, 4) is 5.75 Å². The van der Waals surface area contributed by atoms with Crippen molar-refractivity contribution >= 4 is 16.8 Å². The van der Waals surface area contributed by atoms with Crippen molar-refractivity contribution in [2.75, 3.05) is 6.54 Å². The maximum atomic E-state index is 13.1. The van der Waals surface area contributed by atoms with Crippen LogP contribution in [-0.4, -0.2) is 37.0 Å². The molecule has 4 rings (SSSR count). The number of imidazole rings is 1. The van der Waals surface area contributed by atoms with Crippen LogP contribution in [0.4, 0.5) is 0 Å². The number of H-pyrrole nitrogens is 1. The number of benzene rings is 1. The van der Waals surface area contributed by atoms with Crippen molar-refractivity contribution in [2.45, 2.75) is 19.9 Å². The molecule has 1 aliphatic rings. The maximum absolute atomic E-state index is 13.1. The van der Waals surface area contributed by atoms with Gasteiger partial charge >= 0.3 is 0 Å². The maximum Gasteiger partial charge on any atom is 0.256 e. The van der Waals surface area contributed by atoms with E-state index in [-0.39, 0.29) is 17.2 Å². The summed E-state index contributed by atoms with van der Waals surface area (Å²) < 4.78 is 24.7. The Kier molecular flexibility index (Phi) is 2.31. The average Bonchev–Trinajstić information content (AvgIpc) is 3.12. The molecular weight excluding hydrogens is 292 g/mol. The normalized spacial score (nSPS) is 17.0. The quantitative estimate of drug-likeness (QED) is 0.761. The van der Waals surface area contributed by atoms with E-state index in [0.717, 1.165) is 16.0 Å². The van der Waals surface area contributed by atoms with Crippen LogP contribution in [0.1, 0.15) is 31.6 Å². The number of carbonyl (C=O) groups is 1. The second kappa shape index (κ2) is 4.87. The summed E-state index contributed by atoms with van der Waals surface area (Å²) in [7, 11) is 0. The number of fused-ring (bicyclic) bond motifs is 3. The Balaban J connectivity index is 1.87. The van der Waals surface area contributed by atoms with Gasteiger partial charge in [-0.2, -0.15) is 0 Å². The third-order valence-electron chi connectivity index (χ3n) is 4.46. The van der Waals surface area contributed by atoms with Crippen LogP contribution in [0.3, 0.4) is 0 Å². The smallest absolute Gasteiger partial charge is 0.256 e. The first-order valence-corrected chi connectivity index (χ1v) is 7.43. The van der Waals surface area contributed by atoms with E-state index in [1.165, 1.54) is 6.07 Å². The molecule has 2 N–H and O–H groups in total. The van der Waals surface area contributed by atoms with Crippen LogP contribution >= 0.6 is 0 Å². The van der Waals surface area contributed by atoms with Crippen molar-refractivity contribution in [3.05, 3.63) is 47.2 Å². The number of aromatic nitrogens is 3. The summed E-state index contributed by atoms with van der Waals surface area (Å²) in [6.07, 6.45) is 1.99. The van der Waals surface area contributed by atoms with Gasteiger partial charge in [-0.25, -0.2) is 4.98 Å². The first kappa shape index (κ1) is 10.9. The molecule has 0 saturated carbocycles. The first-order chi connectivity index (χ1) is 12.3. The lowest BCUT2D eigenvalue weighted by Crippen LogP contribution is -2.37. The van der Waals surface area contributed by atoms with E-state index in [1.807, 2.05) is 6.92 Å². The summed E-state index contributed by atoms with van der Waals surface area (Å²) in [6, 6.07) is 4.73. The van der Waals surface area contributed by atoms with Gasteiger partial charge in [0.2, 0.25) is 0 Å². The molecule has 0 bridgehead atoms. The van der Waals surface area contributed by atoms with Crippen molar-refractivity contribution < 1.29 is 14.0 Å². The van der Waals surface area contributed by atoms with E-state index >= 15 is 0 Å². The van der Waals surface area contributed by atoms with E-state index in [4.69, 9.17) is 4.11 Å². The van der Waals surface area contributed by atoms with Crippen molar-refractivity contribution in [1.29, 1.82) is 0 Å². The second-order valence-electron chi connectivity index (χ2n) is 5.78. The predicted molar refractivity (Wildman–Crippen MR) is 86.4 cm³/mol. The van der Waals surface area contributed by atoms with E-state index in [2.05, 4.69) is 9.97 Å². The highest BCUT2D eigenvalue weighted by molar-refractivity contribution is 6.10. The van der Waals surface area contributed by atoms with Gasteiger partial charge < -0.3 is 19.6 Å². The standard InChI is InChI=1S/C17H18N4O2/c1-10-12(19-9-18-10)8-21-7-6-13-15(17(21)23)11-4-3-5-14(22)16(11)20(13)2/h3-5,9,22H,6-8H2,1-2H3,(H,18,19)/i2D3. The Hall–Kier alpha value is -2.76. The van der Waals surface area contributed by atoms with Gasteiger partial charge in [0.15, 0.2) is 0 Å². The highest BCUT2D eigenvalue weighted by Gasteiger charge is 2.31. The average molecular weight is 313 g/mol. The molecular formula is C17H18N4O2. The summed E-state index contributed by atoms with van der Waals surface area (Å²) in [5.74, 6) is -0.386. The molecule has 3 heterocycles. The third kappa shape index (κ3) is 1.94. The lowest BCUT2D eigenvalue weighted by atomic mass is 10.0. The Morgan fingerprint density at radius 1 is 1.48 bits per heavy atom. The summed E-state index contributed by atoms with van der Waals surface area (Å²) >= 11 is 0. The van der Waals surface area contributed by atoms with Gasteiger partial charge in [-0.15, -0.1) is 0 Å². The molecule has 1 amide bonds. The first-order valence-electron chi connectivity index (χ1n) is 8.93. The fourth-order valence-electron chi connectivity index (χ4n) is 3.22. The van der Waals surface area contributed by atoms with Gasteiger partial charge in [0.25, 0.3) is 5.91 Å². The van der Waals surface area contributed by atoms with E-state index < -0.39 is 6.98 Å². The molecule has 0 saturated heterocycles. The Morgan fingerprint density at radius 3 is 3.09 bits per heavy atom. The highest BCUT2D eigenvalue weighted by atomic mass is 16.3. The number of rotatable bonds is 2. The molecule has 0 fully saturated rings. The molecule has 6 nitrogen and oxygen atoms in total.